The van der Waals surface area contributed by atoms with Gasteiger partial charge in [0.05, 0.1) is 5.52 Å². The number of piperidine rings is 1. The lowest BCUT2D eigenvalue weighted by Gasteiger charge is -2.36. The summed E-state index contributed by atoms with van der Waals surface area (Å²) >= 11 is 0. The standard InChI is InChI=1S/C20H29N5O2.C2H6/c1-20(2)12-15(7-9-22-20)14-5-6-16-17(11-14)24(4)23-19(16)25(13-26)10-8-18(27)21-3;1-2/h5-6,11,13,15,22H,7-10,12H2,1-4H3,(H,21,27);1-2H3. The third-order valence-corrected chi connectivity index (χ3v) is 5.44. The van der Waals surface area contributed by atoms with Crippen molar-refractivity contribution in [3.8, 4) is 0 Å². The van der Waals surface area contributed by atoms with Crippen LogP contribution < -0.4 is 15.5 Å². The van der Waals surface area contributed by atoms with Crippen molar-refractivity contribution >= 4 is 29.0 Å². The summed E-state index contributed by atoms with van der Waals surface area (Å²) in [4.78, 5) is 24.6. The molecule has 0 aliphatic carbocycles. The smallest absolute Gasteiger partial charge is 0.221 e. The van der Waals surface area contributed by atoms with Crippen LogP contribution in [0.4, 0.5) is 5.82 Å². The molecule has 2 aromatic rings. The number of hydrogen-bond donors (Lipinski definition) is 2. The van der Waals surface area contributed by atoms with Crippen LogP contribution in [-0.4, -0.2) is 47.8 Å². The number of nitrogens with one attached hydrogen (secondary N) is 2. The third kappa shape index (κ3) is 5.35. The van der Waals surface area contributed by atoms with Gasteiger partial charge < -0.3 is 10.6 Å². The summed E-state index contributed by atoms with van der Waals surface area (Å²) in [6, 6.07) is 6.40. The van der Waals surface area contributed by atoms with E-state index in [9.17, 15) is 9.59 Å². The van der Waals surface area contributed by atoms with Crippen molar-refractivity contribution < 1.29 is 9.59 Å². The van der Waals surface area contributed by atoms with Gasteiger partial charge in [0.1, 0.15) is 0 Å². The van der Waals surface area contributed by atoms with E-state index in [2.05, 4.69) is 47.8 Å². The van der Waals surface area contributed by atoms with Gasteiger partial charge >= 0.3 is 0 Å². The van der Waals surface area contributed by atoms with Crippen LogP contribution in [0.3, 0.4) is 0 Å². The summed E-state index contributed by atoms with van der Waals surface area (Å²) < 4.78 is 1.82. The van der Waals surface area contributed by atoms with Crippen LogP contribution in [0.1, 0.15) is 58.4 Å². The van der Waals surface area contributed by atoms with Gasteiger partial charge in [0.15, 0.2) is 5.82 Å². The van der Waals surface area contributed by atoms with Crippen molar-refractivity contribution in [1.29, 1.82) is 0 Å². The number of carbonyl (C=O) groups excluding carboxylic acids is 2. The highest BCUT2D eigenvalue weighted by Gasteiger charge is 2.28. The maximum Gasteiger partial charge on any atom is 0.221 e. The molecular weight excluding hydrogens is 366 g/mol. The first-order chi connectivity index (χ1) is 13.8. The van der Waals surface area contributed by atoms with Gasteiger partial charge in [-0.1, -0.05) is 19.9 Å². The average Bonchev–Trinajstić information content (AvgIpc) is 3.05. The van der Waals surface area contributed by atoms with E-state index in [0.29, 0.717) is 18.3 Å². The Kier molecular flexibility index (Phi) is 7.79. The molecule has 1 aromatic carbocycles. The van der Waals surface area contributed by atoms with E-state index in [-0.39, 0.29) is 17.9 Å². The molecule has 1 fully saturated rings. The van der Waals surface area contributed by atoms with E-state index in [1.165, 1.54) is 10.5 Å². The molecule has 2 heterocycles. The van der Waals surface area contributed by atoms with Crippen LogP contribution in [0, 0.1) is 0 Å². The van der Waals surface area contributed by atoms with Crippen LogP contribution in [-0.2, 0) is 16.6 Å². The number of hydrogen-bond acceptors (Lipinski definition) is 4. The molecular formula is C22H35N5O2. The Bertz CT molecular complexity index is 843. The van der Waals surface area contributed by atoms with Crippen LogP contribution in [0.5, 0.6) is 0 Å². The lowest BCUT2D eigenvalue weighted by atomic mass is 9.80. The fraction of sp³-hybridized carbons (Fsp3) is 0.591. The molecule has 0 radical (unpaired) electrons. The molecule has 160 valence electrons. The second-order valence-corrected chi connectivity index (χ2v) is 7.95. The zero-order chi connectivity index (χ0) is 21.6. The quantitative estimate of drug-likeness (QED) is 0.730. The van der Waals surface area contributed by atoms with Crippen LogP contribution >= 0.6 is 0 Å². The van der Waals surface area contributed by atoms with Crippen molar-refractivity contribution in [1.82, 2.24) is 20.4 Å². The van der Waals surface area contributed by atoms with Gasteiger partial charge in [-0.25, -0.2) is 0 Å². The van der Waals surface area contributed by atoms with Crippen molar-refractivity contribution in [2.24, 2.45) is 7.05 Å². The average molecular weight is 402 g/mol. The van der Waals surface area contributed by atoms with Crippen molar-refractivity contribution in [2.45, 2.75) is 58.4 Å². The van der Waals surface area contributed by atoms with E-state index < -0.39 is 0 Å². The monoisotopic (exact) mass is 401 g/mol. The highest BCUT2D eigenvalue weighted by Crippen LogP contribution is 2.35. The highest BCUT2D eigenvalue weighted by molar-refractivity contribution is 5.96. The van der Waals surface area contributed by atoms with Gasteiger partial charge in [-0.3, -0.25) is 19.2 Å². The summed E-state index contributed by atoms with van der Waals surface area (Å²) in [5.41, 5.74) is 2.46. The van der Waals surface area contributed by atoms with Crippen LogP contribution in [0.25, 0.3) is 10.9 Å². The summed E-state index contributed by atoms with van der Waals surface area (Å²) in [7, 11) is 3.48. The van der Waals surface area contributed by atoms with Gasteiger partial charge in [0.25, 0.3) is 0 Å². The van der Waals surface area contributed by atoms with E-state index >= 15 is 0 Å². The first-order valence-electron chi connectivity index (χ1n) is 10.5. The maximum atomic E-state index is 11.6. The molecule has 2 amide bonds. The van der Waals surface area contributed by atoms with Crippen molar-refractivity contribution in [3.63, 3.8) is 0 Å². The second kappa shape index (κ2) is 9.87. The number of aryl methyl sites for hydroxylation is 1. The number of carbonyl (C=O) groups is 2. The number of fused-ring (bicyclic) bond motifs is 1. The molecule has 0 bridgehead atoms. The number of rotatable bonds is 6. The lowest BCUT2D eigenvalue weighted by Crippen LogP contribution is -2.45. The minimum Gasteiger partial charge on any atom is -0.359 e. The van der Waals surface area contributed by atoms with Gasteiger partial charge in [-0.15, -0.1) is 0 Å². The first kappa shape index (κ1) is 22.9. The molecule has 0 spiro atoms. The van der Waals surface area contributed by atoms with E-state index in [0.717, 1.165) is 36.7 Å². The molecule has 1 unspecified atom stereocenters. The molecule has 1 aliphatic rings. The zero-order valence-corrected chi connectivity index (χ0v) is 18.6. The fourth-order valence-electron chi connectivity index (χ4n) is 3.94. The number of amides is 2. The Morgan fingerprint density at radius 1 is 1.41 bits per heavy atom. The third-order valence-electron chi connectivity index (χ3n) is 5.44. The van der Waals surface area contributed by atoms with Gasteiger partial charge in [0.2, 0.25) is 12.3 Å². The Hall–Kier alpha value is -2.41. The molecule has 1 atom stereocenters. The molecule has 1 aromatic heterocycles. The summed E-state index contributed by atoms with van der Waals surface area (Å²) in [5, 5.41) is 11.6. The fourth-order valence-corrected chi connectivity index (χ4v) is 3.94. The van der Waals surface area contributed by atoms with E-state index in [4.69, 9.17) is 0 Å². The second-order valence-electron chi connectivity index (χ2n) is 7.95. The highest BCUT2D eigenvalue weighted by atomic mass is 16.2. The Morgan fingerprint density at radius 2 is 2.14 bits per heavy atom. The SMILES string of the molecule is CC.CNC(=O)CCN(C=O)c1nn(C)c2cc(C3CCNC(C)(C)C3)ccc12. The van der Waals surface area contributed by atoms with Gasteiger partial charge in [0, 0.05) is 38.0 Å². The molecule has 2 N–H and O–H groups in total. The summed E-state index contributed by atoms with van der Waals surface area (Å²) in [6.07, 6.45) is 3.20. The molecule has 7 heteroatoms. The Labute approximate surface area is 173 Å². The topological polar surface area (TPSA) is 79.3 Å². The predicted molar refractivity (Wildman–Crippen MR) is 118 cm³/mol. The summed E-state index contributed by atoms with van der Waals surface area (Å²) in [5.74, 6) is 1.01. The number of anilines is 1. The van der Waals surface area contributed by atoms with Crippen LogP contribution in [0.2, 0.25) is 0 Å². The molecule has 3 rings (SSSR count). The lowest BCUT2D eigenvalue weighted by molar-refractivity contribution is -0.120. The number of benzene rings is 1. The normalized spacial score (nSPS) is 17.9. The van der Waals surface area contributed by atoms with Crippen LogP contribution in [0.15, 0.2) is 18.2 Å². The van der Waals surface area contributed by atoms with Crippen molar-refractivity contribution in [3.05, 3.63) is 23.8 Å². The molecule has 29 heavy (non-hydrogen) atoms. The summed E-state index contributed by atoms with van der Waals surface area (Å²) in [6.45, 7) is 9.81. The minimum absolute atomic E-state index is 0.0992. The number of nitrogens with zero attached hydrogens (tertiary/aromatic N) is 3. The maximum absolute atomic E-state index is 11.6. The minimum atomic E-state index is -0.0992. The Balaban J connectivity index is 0.00000145. The predicted octanol–water partition coefficient (Wildman–Crippen LogP) is 2.94. The van der Waals surface area contributed by atoms with Gasteiger partial charge in [-0.05, 0) is 56.8 Å². The molecule has 7 nitrogen and oxygen atoms in total. The van der Waals surface area contributed by atoms with E-state index in [1.54, 1.807) is 7.05 Å². The molecule has 0 saturated carbocycles. The largest absolute Gasteiger partial charge is 0.359 e. The van der Waals surface area contributed by atoms with E-state index in [1.807, 2.05) is 25.6 Å². The molecule has 1 aliphatic heterocycles. The van der Waals surface area contributed by atoms with Gasteiger partial charge in [-0.2, -0.15) is 5.10 Å². The van der Waals surface area contributed by atoms with Crippen molar-refractivity contribution in [2.75, 3.05) is 25.0 Å². The first-order valence-corrected chi connectivity index (χ1v) is 10.5. The number of aromatic nitrogens is 2. The zero-order valence-electron chi connectivity index (χ0n) is 18.6. The Morgan fingerprint density at radius 3 is 2.76 bits per heavy atom. The molecule has 1 saturated heterocycles.